The molecule has 0 aliphatic rings. The molecule has 0 aliphatic carbocycles. The fourth-order valence-electron chi connectivity index (χ4n) is 2.01. The fourth-order valence-corrected chi connectivity index (χ4v) is 2.36. The summed E-state index contributed by atoms with van der Waals surface area (Å²) in [6.45, 7) is 0. The van der Waals surface area contributed by atoms with E-state index in [-0.39, 0.29) is 27.4 Å². The van der Waals surface area contributed by atoms with Crippen LogP contribution in [0.15, 0.2) is 51.7 Å². The minimum Gasteiger partial charge on any atom is -0.451 e. The zero-order chi connectivity index (χ0) is 16.6. The zero-order valence-electron chi connectivity index (χ0n) is 11.4. The number of amides is 1. The van der Waals surface area contributed by atoms with Crippen molar-refractivity contribution < 1.29 is 13.6 Å². The van der Waals surface area contributed by atoms with E-state index < -0.39 is 17.2 Å². The second kappa shape index (κ2) is 6.02. The van der Waals surface area contributed by atoms with Crippen LogP contribution in [0, 0.1) is 5.82 Å². The van der Waals surface area contributed by atoms with Crippen LogP contribution in [0.1, 0.15) is 10.6 Å². The molecule has 4 nitrogen and oxygen atoms in total. The van der Waals surface area contributed by atoms with Crippen LogP contribution in [-0.4, -0.2) is 5.91 Å². The highest BCUT2D eigenvalue weighted by Gasteiger charge is 2.13. The summed E-state index contributed by atoms with van der Waals surface area (Å²) in [5.41, 5.74) is 0.125. The third-order valence-electron chi connectivity index (χ3n) is 3.09. The molecule has 0 fully saturated rings. The van der Waals surface area contributed by atoms with Gasteiger partial charge in [0.05, 0.1) is 10.4 Å². The van der Waals surface area contributed by atoms with E-state index in [1.165, 1.54) is 24.3 Å². The maximum atomic E-state index is 13.1. The van der Waals surface area contributed by atoms with Gasteiger partial charge in [0.2, 0.25) is 0 Å². The Bertz CT molecular complexity index is 985. The van der Waals surface area contributed by atoms with Gasteiger partial charge in [-0.1, -0.05) is 23.2 Å². The van der Waals surface area contributed by atoms with Gasteiger partial charge in [-0.15, -0.1) is 0 Å². The molecule has 0 spiro atoms. The van der Waals surface area contributed by atoms with Crippen LogP contribution >= 0.6 is 23.2 Å². The van der Waals surface area contributed by atoms with Gasteiger partial charge in [0.25, 0.3) is 5.91 Å². The summed E-state index contributed by atoms with van der Waals surface area (Å²) in [5, 5.41) is 3.02. The Morgan fingerprint density at radius 1 is 1.09 bits per heavy atom. The van der Waals surface area contributed by atoms with Crippen LogP contribution in [-0.2, 0) is 0 Å². The Morgan fingerprint density at radius 2 is 1.87 bits per heavy atom. The SMILES string of the molecule is O=C(Nc1ccc(F)c(Cl)c1)c1cc(=O)c2cc(Cl)ccc2o1. The molecule has 1 aromatic heterocycles. The fraction of sp³-hybridized carbons (Fsp3) is 0. The van der Waals surface area contributed by atoms with Gasteiger partial charge in [0.15, 0.2) is 11.2 Å². The first-order valence-corrected chi connectivity index (χ1v) is 7.19. The van der Waals surface area contributed by atoms with Crippen molar-refractivity contribution in [2.24, 2.45) is 0 Å². The summed E-state index contributed by atoms with van der Waals surface area (Å²) >= 11 is 11.5. The van der Waals surface area contributed by atoms with E-state index in [4.69, 9.17) is 27.6 Å². The zero-order valence-corrected chi connectivity index (χ0v) is 12.9. The number of halogens is 3. The lowest BCUT2D eigenvalue weighted by Crippen LogP contribution is -2.15. The lowest BCUT2D eigenvalue weighted by Gasteiger charge is -2.06. The molecule has 1 heterocycles. The molecular formula is C16H8Cl2FNO3. The number of rotatable bonds is 2. The molecule has 0 atom stereocenters. The van der Waals surface area contributed by atoms with Gasteiger partial charge in [0, 0.05) is 16.8 Å². The number of nitrogens with one attached hydrogen (secondary N) is 1. The number of anilines is 1. The molecule has 0 bridgehead atoms. The standard InChI is InChI=1S/C16H8Cl2FNO3/c17-8-1-4-14-10(5-8)13(21)7-15(23-14)16(22)20-9-2-3-12(19)11(18)6-9/h1-7H,(H,20,22). The first-order valence-electron chi connectivity index (χ1n) is 6.44. The van der Waals surface area contributed by atoms with E-state index >= 15 is 0 Å². The molecule has 2 aromatic carbocycles. The van der Waals surface area contributed by atoms with E-state index in [1.54, 1.807) is 6.07 Å². The lowest BCUT2D eigenvalue weighted by atomic mass is 10.2. The average molecular weight is 352 g/mol. The van der Waals surface area contributed by atoms with Gasteiger partial charge in [-0.25, -0.2) is 4.39 Å². The molecule has 0 saturated heterocycles. The molecule has 1 amide bonds. The molecule has 0 unspecified atom stereocenters. The third kappa shape index (κ3) is 3.21. The molecule has 0 aliphatic heterocycles. The van der Waals surface area contributed by atoms with E-state index in [2.05, 4.69) is 5.32 Å². The van der Waals surface area contributed by atoms with Crippen molar-refractivity contribution >= 4 is 45.8 Å². The predicted molar refractivity (Wildman–Crippen MR) is 86.9 cm³/mol. The van der Waals surface area contributed by atoms with Crippen LogP contribution in [0.3, 0.4) is 0 Å². The Hall–Kier alpha value is -2.37. The van der Waals surface area contributed by atoms with Crippen molar-refractivity contribution in [1.29, 1.82) is 0 Å². The molecule has 7 heteroatoms. The third-order valence-corrected chi connectivity index (χ3v) is 3.62. The van der Waals surface area contributed by atoms with E-state index in [9.17, 15) is 14.0 Å². The van der Waals surface area contributed by atoms with Gasteiger partial charge in [-0.3, -0.25) is 9.59 Å². The van der Waals surface area contributed by atoms with Crippen LogP contribution in [0.5, 0.6) is 0 Å². The predicted octanol–water partition coefficient (Wildman–Crippen LogP) is 4.49. The van der Waals surface area contributed by atoms with E-state index in [0.717, 1.165) is 12.1 Å². The lowest BCUT2D eigenvalue weighted by molar-refractivity contribution is 0.0997. The van der Waals surface area contributed by atoms with Crippen molar-refractivity contribution in [3.05, 3.63) is 74.3 Å². The van der Waals surface area contributed by atoms with Gasteiger partial charge in [-0.2, -0.15) is 0 Å². The number of hydrogen-bond donors (Lipinski definition) is 1. The summed E-state index contributed by atoms with van der Waals surface area (Å²) in [6.07, 6.45) is 0. The van der Waals surface area contributed by atoms with Crippen molar-refractivity contribution in [1.82, 2.24) is 0 Å². The quantitative estimate of drug-likeness (QED) is 0.739. The van der Waals surface area contributed by atoms with E-state index in [0.29, 0.717) is 5.02 Å². The molecule has 116 valence electrons. The van der Waals surface area contributed by atoms with Crippen LogP contribution in [0.25, 0.3) is 11.0 Å². The van der Waals surface area contributed by atoms with Crippen molar-refractivity contribution in [2.45, 2.75) is 0 Å². The summed E-state index contributed by atoms with van der Waals surface area (Å²) in [7, 11) is 0. The molecule has 0 saturated carbocycles. The Kier molecular flexibility index (Phi) is 4.07. The highest BCUT2D eigenvalue weighted by Crippen LogP contribution is 2.21. The normalized spacial score (nSPS) is 10.7. The van der Waals surface area contributed by atoms with Gasteiger partial charge in [0.1, 0.15) is 11.4 Å². The number of carbonyl (C=O) groups excluding carboxylic acids is 1. The smallest absolute Gasteiger partial charge is 0.291 e. The first-order chi connectivity index (χ1) is 10.9. The molecule has 0 radical (unpaired) electrons. The summed E-state index contributed by atoms with van der Waals surface area (Å²) < 4.78 is 18.5. The number of fused-ring (bicyclic) bond motifs is 1. The highest BCUT2D eigenvalue weighted by molar-refractivity contribution is 6.31. The largest absolute Gasteiger partial charge is 0.451 e. The Morgan fingerprint density at radius 3 is 2.61 bits per heavy atom. The molecule has 3 rings (SSSR count). The highest BCUT2D eigenvalue weighted by atomic mass is 35.5. The molecule has 3 aromatic rings. The molecular weight excluding hydrogens is 344 g/mol. The number of hydrogen-bond acceptors (Lipinski definition) is 3. The second-order valence-corrected chi connectivity index (χ2v) is 5.54. The van der Waals surface area contributed by atoms with Crippen molar-refractivity contribution in [2.75, 3.05) is 5.32 Å². The second-order valence-electron chi connectivity index (χ2n) is 4.70. The summed E-state index contributed by atoms with van der Waals surface area (Å²) in [6, 6.07) is 9.31. The maximum Gasteiger partial charge on any atom is 0.291 e. The van der Waals surface area contributed by atoms with Gasteiger partial charge < -0.3 is 9.73 Å². The number of carbonyl (C=O) groups is 1. The van der Waals surface area contributed by atoms with Crippen molar-refractivity contribution in [3.63, 3.8) is 0 Å². The Labute approximate surface area is 139 Å². The molecule has 1 N–H and O–H groups in total. The van der Waals surface area contributed by atoms with Gasteiger partial charge in [-0.05, 0) is 36.4 Å². The topological polar surface area (TPSA) is 59.3 Å². The monoisotopic (exact) mass is 351 g/mol. The first kappa shape index (κ1) is 15.5. The summed E-state index contributed by atoms with van der Waals surface area (Å²) in [4.78, 5) is 24.2. The minimum atomic E-state index is -0.651. The van der Waals surface area contributed by atoms with Crippen LogP contribution in [0.4, 0.5) is 10.1 Å². The Balaban J connectivity index is 1.96. The van der Waals surface area contributed by atoms with E-state index in [1.807, 2.05) is 0 Å². The minimum absolute atomic E-state index is 0.127. The average Bonchev–Trinajstić information content (AvgIpc) is 2.51. The van der Waals surface area contributed by atoms with Crippen LogP contribution < -0.4 is 10.7 Å². The van der Waals surface area contributed by atoms with Gasteiger partial charge >= 0.3 is 0 Å². The summed E-state index contributed by atoms with van der Waals surface area (Å²) in [5.74, 6) is -1.43. The van der Waals surface area contributed by atoms with Crippen molar-refractivity contribution in [3.8, 4) is 0 Å². The van der Waals surface area contributed by atoms with Crippen LogP contribution in [0.2, 0.25) is 10.0 Å². The number of benzene rings is 2. The molecule has 23 heavy (non-hydrogen) atoms. The maximum absolute atomic E-state index is 13.1.